The Morgan fingerprint density at radius 3 is 2.47 bits per heavy atom. The molecule has 0 saturated carbocycles. The lowest BCUT2D eigenvalue weighted by atomic mass is 9.99. The van der Waals surface area contributed by atoms with E-state index in [1.807, 2.05) is 37.3 Å². The first-order chi connectivity index (χ1) is 9.15. The van der Waals surface area contributed by atoms with Crippen LogP contribution >= 0.6 is 11.8 Å². The zero-order chi connectivity index (χ0) is 14.1. The van der Waals surface area contributed by atoms with E-state index in [1.54, 1.807) is 0 Å². The lowest BCUT2D eigenvalue weighted by molar-refractivity contribution is -0.141. The molecule has 0 aliphatic carbocycles. The minimum atomic E-state index is -0.243. The number of carbonyl (C=O) groups excluding carboxylic acids is 2. The molecular formula is C15H20O3S. The standard InChI is InChI=1S/C15H20O3S/c1-3-12(9-14(16)18-2)10-15(17)19-11-13-7-5-4-6-8-13/h4-8,12H,3,9-11H2,1-2H3/t12-/m1/s1. The lowest BCUT2D eigenvalue weighted by Gasteiger charge is -2.12. The normalized spacial score (nSPS) is 11.9. The molecule has 0 fully saturated rings. The van der Waals surface area contributed by atoms with Crippen molar-refractivity contribution in [1.82, 2.24) is 0 Å². The summed E-state index contributed by atoms with van der Waals surface area (Å²) in [5, 5.41) is 0.139. The summed E-state index contributed by atoms with van der Waals surface area (Å²) in [5.74, 6) is 0.532. The second kappa shape index (κ2) is 8.75. The SMILES string of the molecule is CC[C@H](CC(=O)OC)CC(=O)SCc1ccccc1. The summed E-state index contributed by atoms with van der Waals surface area (Å²) in [6.45, 7) is 1.99. The van der Waals surface area contributed by atoms with Gasteiger partial charge in [0.1, 0.15) is 0 Å². The third-order valence-electron chi connectivity index (χ3n) is 2.96. The zero-order valence-corrected chi connectivity index (χ0v) is 12.2. The Balaban J connectivity index is 2.35. The fourth-order valence-corrected chi connectivity index (χ4v) is 2.59. The molecule has 1 atom stereocenters. The summed E-state index contributed by atoms with van der Waals surface area (Å²) < 4.78 is 4.64. The van der Waals surface area contributed by atoms with Crippen molar-refractivity contribution in [1.29, 1.82) is 0 Å². The minimum Gasteiger partial charge on any atom is -0.469 e. The average molecular weight is 280 g/mol. The molecule has 0 radical (unpaired) electrons. The highest BCUT2D eigenvalue weighted by Gasteiger charge is 2.16. The van der Waals surface area contributed by atoms with Crippen LogP contribution in [0.1, 0.15) is 31.7 Å². The maximum atomic E-state index is 11.9. The number of benzene rings is 1. The molecule has 19 heavy (non-hydrogen) atoms. The molecule has 104 valence electrons. The number of ether oxygens (including phenoxy) is 1. The summed E-state index contributed by atoms with van der Waals surface area (Å²) in [6.07, 6.45) is 1.57. The van der Waals surface area contributed by atoms with Crippen LogP contribution in [0.3, 0.4) is 0 Å². The van der Waals surface area contributed by atoms with Gasteiger partial charge in [0.25, 0.3) is 0 Å². The molecule has 0 aliphatic rings. The van der Waals surface area contributed by atoms with E-state index in [2.05, 4.69) is 4.74 Å². The van der Waals surface area contributed by atoms with Gasteiger partial charge in [0.15, 0.2) is 5.12 Å². The average Bonchev–Trinajstić information content (AvgIpc) is 2.45. The van der Waals surface area contributed by atoms with E-state index in [0.29, 0.717) is 18.6 Å². The van der Waals surface area contributed by atoms with Crippen molar-refractivity contribution >= 4 is 22.8 Å². The van der Waals surface area contributed by atoms with Crippen molar-refractivity contribution in [3.8, 4) is 0 Å². The summed E-state index contributed by atoms with van der Waals surface area (Å²) in [4.78, 5) is 23.1. The second-order valence-corrected chi connectivity index (χ2v) is 5.44. The highest BCUT2D eigenvalue weighted by molar-refractivity contribution is 8.12. The zero-order valence-electron chi connectivity index (χ0n) is 11.4. The van der Waals surface area contributed by atoms with E-state index in [4.69, 9.17) is 0 Å². The molecule has 0 aliphatic heterocycles. The van der Waals surface area contributed by atoms with Crippen molar-refractivity contribution in [2.45, 2.75) is 31.9 Å². The van der Waals surface area contributed by atoms with Gasteiger partial charge in [-0.15, -0.1) is 0 Å². The Bertz CT molecular complexity index is 403. The summed E-state index contributed by atoms with van der Waals surface area (Å²) in [7, 11) is 1.38. The smallest absolute Gasteiger partial charge is 0.305 e. The molecule has 0 N–H and O–H groups in total. The van der Waals surface area contributed by atoms with Gasteiger partial charge in [0.2, 0.25) is 0 Å². The van der Waals surface area contributed by atoms with E-state index in [0.717, 1.165) is 12.0 Å². The number of thioether (sulfide) groups is 1. The number of rotatable bonds is 7. The molecule has 0 aromatic heterocycles. The van der Waals surface area contributed by atoms with E-state index < -0.39 is 0 Å². The lowest BCUT2D eigenvalue weighted by Crippen LogP contribution is -2.12. The number of methoxy groups -OCH3 is 1. The predicted octanol–water partition coefficient (Wildman–Crippen LogP) is 3.43. The molecule has 1 aromatic carbocycles. The van der Waals surface area contributed by atoms with Gasteiger partial charge in [0.05, 0.1) is 7.11 Å². The number of hydrogen-bond acceptors (Lipinski definition) is 4. The molecule has 0 saturated heterocycles. The van der Waals surface area contributed by atoms with Gasteiger partial charge in [-0.3, -0.25) is 9.59 Å². The molecule has 0 heterocycles. The fourth-order valence-electron chi connectivity index (χ4n) is 1.71. The molecule has 0 unspecified atom stereocenters. The fraction of sp³-hybridized carbons (Fsp3) is 0.467. The first kappa shape index (κ1) is 15.8. The highest BCUT2D eigenvalue weighted by Crippen LogP contribution is 2.21. The molecule has 3 nitrogen and oxygen atoms in total. The van der Waals surface area contributed by atoms with Crippen LogP contribution in [0.25, 0.3) is 0 Å². The first-order valence-electron chi connectivity index (χ1n) is 6.42. The van der Waals surface area contributed by atoms with Crippen LogP contribution in [0.5, 0.6) is 0 Å². The van der Waals surface area contributed by atoms with E-state index in [9.17, 15) is 9.59 Å². The maximum Gasteiger partial charge on any atom is 0.305 e. The molecule has 1 aromatic rings. The Kier molecular flexibility index (Phi) is 7.26. The van der Waals surface area contributed by atoms with Gasteiger partial charge in [-0.2, -0.15) is 0 Å². The van der Waals surface area contributed by atoms with Gasteiger partial charge in [-0.05, 0) is 11.5 Å². The van der Waals surface area contributed by atoms with Crippen LogP contribution in [0.2, 0.25) is 0 Å². The van der Waals surface area contributed by atoms with Gasteiger partial charge < -0.3 is 4.74 Å². The topological polar surface area (TPSA) is 43.4 Å². The van der Waals surface area contributed by atoms with E-state index >= 15 is 0 Å². The number of hydrogen-bond donors (Lipinski definition) is 0. The van der Waals surface area contributed by atoms with Gasteiger partial charge in [-0.1, -0.05) is 55.4 Å². The second-order valence-electron chi connectivity index (χ2n) is 4.40. The minimum absolute atomic E-state index is 0.0863. The van der Waals surface area contributed by atoms with E-state index in [-0.39, 0.29) is 17.0 Å². The Labute approximate surface area is 118 Å². The van der Waals surface area contributed by atoms with Crippen LogP contribution < -0.4 is 0 Å². The Hall–Kier alpha value is -1.29. The molecule has 0 amide bonds. The van der Waals surface area contributed by atoms with Crippen molar-refractivity contribution < 1.29 is 14.3 Å². The van der Waals surface area contributed by atoms with E-state index in [1.165, 1.54) is 18.9 Å². The number of carbonyl (C=O) groups is 2. The number of esters is 1. The molecule has 4 heteroatoms. The van der Waals surface area contributed by atoms with Gasteiger partial charge in [-0.25, -0.2) is 0 Å². The predicted molar refractivity (Wildman–Crippen MR) is 77.8 cm³/mol. The third-order valence-corrected chi connectivity index (χ3v) is 3.92. The summed E-state index contributed by atoms with van der Waals surface area (Å²) in [5.41, 5.74) is 1.14. The van der Waals surface area contributed by atoms with Crippen molar-refractivity contribution in [2.75, 3.05) is 7.11 Å². The van der Waals surface area contributed by atoms with Gasteiger partial charge >= 0.3 is 5.97 Å². The van der Waals surface area contributed by atoms with Crippen molar-refractivity contribution in [3.05, 3.63) is 35.9 Å². The molecule has 0 spiro atoms. The Morgan fingerprint density at radius 1 is 1.21 bits per heavy atom. The van der Waals surface area contributed by atoms with Crippen LogP contribution in [0.4, 0.5) is 0 Å². The van der Waals surface area contributed by atoms with Crippen LogP contribution in [0.15, 0.2) is 30.3 Å². The van der Waals surface area contributed by atoms with Crippen LogP contribution in [-0.2, 0) is 20.1 Å². The van der Waals surface area contributed by atoms with Gasteiger partial charge in [0, 0.05) is 18.6 Å². The highest BCUT2D eigenvalue weighted by atomic mass is 32.2. The van der Waals surface area contributed by atoms with Crippen LogP contribution in [0, 0.1) is 5.92 Å². The third kappa shape index (κ3) is 6.43. The summed E-state index contributed by atoms with van der Waals surface area (Å²) >= 11 is 1.32. The van der Waals surface area contributed by atoms with Crippen LogP contribution in [-0.4, -0.2) is 18.2 Å². The molecular weight excluding hydrogens is 260 g/mol. The largest absolute Gasteiger partial charge is 0.469 e. The first-order valence-corrected chi connectivity index (χ1v) is 7.40. The Morgan fingerprint density at radius 2 is 1.89 bits per heavy atom. The van der Waals surface area contributed by atoms with Crippen molar-refractivity contribution in [2.24, 2.45) is 5.92 Å². The molecule has 0 bridgehead atoms. The quantitative estimate of drug-likeness (QED) is 0.718. The van der Waals surface area contributed by atoms with Crippen molar-refractivity contribution in [3.63, 3.8) is 0 Å². The monoisotopic (exact) mass is 280 g/mol. The maximum absolute atomic E-state index is 11.9. The summed E-state index contributed by atoms with van der Waals surface area (Å²) in [6, 6.07) is 9.90. The molecule has 1 rings (SSSR count).